The van der Waals surface area contributed by atoms with Crippen molar-refractivity contribution in [3.05, 3.63) is 54.5 Å². The first-order chi connectivity index (χ1) is 15.7. The van der Waals surface area contributed by atoms with Gasteiger partial charge in [-0.2, -0.15) is 0 Å². The Morgan fingerprint density at radius 3 is 2.59 bits per heavy atom. The van der Waals surface area contributed by atoms with E-state index in [1.54, 1.807) is 6.20 Å². The zero-order valence-electron chi connectivity index (χ0n) is 18.3. The van der Waals surface area contributed by atoms with Crippen LogP contribution in [0.1, 0.15) is 24.7 Å². The average Bonchev–Trinajstić information content (AvgIpc) is 3.58. The zero-order chi connectivity index (χ0) is 21.5. The summed E-state index contributed by atoms with van der Waals surface area (Å²) >= 11 is 0. The Morgan fingerprint density at radius 2 is 1.81 bits per heavy atom. The molecule has 7 heteroatoms. The summed E-state index contributed by atoms with van der Waals surface area (Å²) in [5, 5.41) is 0. The molecule has 2 saturated heterocycles. The van der Waals surface area contributed by atoms with E-state index in [-0.39, 0.29) is 0 Å². The van der Waals surface area contributed by atoms with Crippen LogP contribution in [-0.4, -0.2) is 59.7 Å². The highest BCUT2D eigenvalue weighted by atomic mass is 16.5. The zero-order valence-corrected chi connectivity index (χ0v) is 18.3. The number of morpholine rings is 1. The number of fused-ring (bicyclic) bond motifs is 1. The number of anilines is 1. The van der Waals surface area contributed by atoms with Crippen molar-refractivity contribution in [2.75, 3.05) is 44.8 Å². The van der Waals surface area contributed by atoms with Gasteiger partial charge < -0.3 is 19.0 Å². The van der Waals surface area contributed by atoms with E-state index in [1.807, 2.05) is 12.1 Å². The number of H-pyrrole nitrogens is 1. The largest absolute Gasteiger partial charge is 0.436 e. The summed E-state index contributed by atoms with van der Waals surface area (Å²) in [6.07, 6.45) is 4.17. The van der Waals surface area contributed by atoms with Crippen LogP contribution in [0.3, 0.4) is 0 Å². The van der Waals surface area contributed by atoms with Crippen LogP contribution >= 0.6 is 0 Å². The predicted octanol–water partition coefficient (Wildman–Crippen LogP) is 4.49. The lowest BCUT2D eigenvalue weighted by Crippen LogP contribution is -2.36. The molecule has 6 rings (SSSR count). The molecule has 0 saturated carbocycles. The first-order valence-electron chi connectivity index (χ1n) is 11.3. The van der Waals surface area contributed by atoms with Crippen molar-refractivity contribution in [3.8, 4) is 22.8 Å². The van der Waals surface area contributed by atoms with Gasteiger partial charge in [-0.25, -0.2) is 9.97 Å². The molecular formula is C25H27N5O2. The fourth-order valence-corrected chi connectivity index (χ4v) is 4.78. The number of ether oxygens (including phenoxy) is 1. The van der Waals surface area contributed by atoms with Crippen molar-refractivity contribution in [2.24, 2.45) is 0 Å². The second-order valence-corrected chi connectivity index (χ2v) is 8.67. The molecule has 2 aromatic carbocycles. The van der Waals surface area contributed by atoms with Gasteiger partial charge in [-0.05, 0) is 68.9 Å². The molecule has 0 spiro atoms. The fraction of sp³-hybridized carbons (Fsp3) is 0.360. The molecule has 2 aromatic heterocycles. The number of likely N-dealkylation sites (tertiary alicyclic amines) is 1. The molecule has 2 aliphatic heterocycles. The van der Waals surface area contributed by atoms with Crippen LogP contribution in [0.4, 0.5) is 5.69 Å². The van der Waals surface area contributed by atoms with Gasteiger partial charge in [0.15, 0.2) is 5.76 Å². The molecular weight excluding hydrogens is 402 g/mol. The molecule has 4 aromatic rings. The lowest BCUT2D eigenvalue weighted by atomic mass is 10.1. The number of aromatic amines is 1. The summed E-state index contributed by atoms with van der Waals surface area (Å²) in [6.45, 7) is 4.56. The molecule has 1 N–H and O–H groups in total. The van der Waals surface area contributed by atoms with Crippen LogP contribution in [0.5, 0.6) is 0 Å². The molecule has 7 nitrogen and oxygen atoms in total. The van der Waals surface area contributed by atoms with Crippen molar-refractivity contribution in [1.82, 2.24) is 19.9 Å². The lowest BCUT2D eigenvalue weighted by molar-refractivity contribution is 0.122. The average molecular weight is 430 g/mol. The van der Waals surface area contributed by atoms with Gasteiger partial charge in [0.2, 0.25) is 5.89 Å². The van der Waals surface area contributed by atoms with Crippen LogP contribution in [0.2, 0.25) is 0 Å². The van der Waals surface area contributed by atoms with E-state index in [2.05, 4.69) is 57.1 Å². The smallest absolute Gasteiger partial charge is 0.226 e. The normalized spacial score (nSPS) is 19.8. The summed E-state index contributed by atoms with van der Waals surface area (Å²) in [5.41, 5.74) is 5.19. The quantitative estimate of drug-likeness (QED) is 0.516. The number of imidazole rings is 1. The number of oxazole rings is 1. The van der Waals surface area contributed by atoms with E-state index in [0.717, 1.165) is 73.0 Å². The van der Waals surface area contributed by atoms with E-state index in [4.69, 9.17) is 14.1 Å². The molecule has 0 radical (unpaired) electrons. The topological polar surface area (TPSA) is 70.4 Å². The van der Waals surface area contributed by atoms with Gasteiger partial charge in [0.1, 0.15) is 5.82 Å². The molecule has 1 atom stereocenters. The number of nitrogens with one attached hydrogen (secondary N) is 1. The second-order valence-electron chi connectivity index (χ2n) is 8.67. The predicted molar refractivity (Wildman–Crippen MR) is 125 cm³/mol. The standard InChI is InChI=1S/C25H27N5O2/c1-29-10-2-3-22(29)24-27-20-9-6-18(15-21(20)28-24)25-26-16-23(32-25)17-4-7-19(8-5-17)30-11-13-31-14-12-30/h4-9,15-16,22H,2-3,10-14H2,1H3,(H,27,28)/t22-/m0/s1. The third-order valence-corrected chi connectivity index (χ3v) is 6.62. The minimum atomic E-state index is 0.375. The number of nitrogens with zero attached hydrogens (tertiary/aromatic N) is 4. The Balaban J connectivity index is 1.24. The summed E-state index contributed by atoms with van der Waals surface area (Å²) in [5.74, 6) is 2.44. The van der Waals surface area contributed by atoms with Crippen LogP contribution in [0, 0.1) is 0 Å². The fourth-order valence-electron chi connectivity index (χ4n) is 4.78. The molecule has 164 valence electrons. The van der Waals surface area contributed by atoms with Crippen molar-refractivity contribution in [2.45, 2.75) is 18.9 Å². The Morgan fingerprint density at radius 1 is 1.00 bits per heavy atom. The molecule has 0 unspecified atom stereocenters. The molecule has 0 bridgehead atoms. The molecule has 0 amide bonds. The van der Waals surface area contributed by atoms with E-state index in [1.165, 1.54) is 12.1 Å². The third kappa shape index (κ3) is 3.57. The van der Waals surface area contributed by atoms with Crippen molar-refractivity contribution in [1.29, 1.82) is 0 Å². The van der Waals surface area contributed by atoms with E-state index in [9.17, 15) is 0 Å². The van der Waals surface area contributed by atoms with Gasteiger partial charge in [-0.1, -0.05) is 0 Å². The number of rotatable bonds is 4. The lowest BCUT2D eigenvalue weighted by Gasteiger charge is -2.28. The molecule has 0 aliphatic carbocycles. The summed E-state index contributed by atoms with van der Waals surface area (Å²) in [6, 6.07) is 15.0. The van der Waals surface area contributed by atoms with Crippen molar-refractivity contribution >= 4 is 16.7 Å². The Kier molecular flexibility index (Phi) is 4.92. The van der Waals surface area contributed by atoms with Gasteiger partial charge in [0, 0.05) is 29.9 Å². The minimum absolute atomic E-state index is 0.375. The highest BCUT2D eigenvalue weighted by Crippen LogP contribution is 2.32. The number of benzene rings is 2. The SMILES string of the molecule is CN1CCC[C@H]1c1nc2ccc(-c3ncc(-c4ccc(N5CCOCC5)cc4)o3)cc2[nH]1. The molecule has 32 heavy (non-hydrogen) atoms. The molecule has 2 aliphatic rings. The molecule has 2 fully saturated rings. The highest BCUT2D eigenvalue weighted by molar-refractivity contribution is 5.80. The highest BCUT2D eigenvalue weighted by Gasteiger charge is 2.25. The van der Waals surface area contributed by atoms with Gasteiger partial charge in [0.25, 0.3) is 0 Å². The van der Waals surface area contributed by atoms with Gasteiger partial charge in [-0.3, -0.25) is 4.90 Å². The maximum absolute atomic E-state index is 6.13. The maximum Gasteiger partial charge on any atom is 0.226 e. The Hall–Kier alpha value is -3.16. The third-order valence-electron chi connectivity index (χ3n) is 6.62. The van der Waals surface area contributed by atoms with E-state index < -0.39 is 0 Å². The second kappa shape index (κ2) is 8.07. The van der Waals surface area contributed by atoms with Crippen LogP contribution in [-0.2, 0) is 4.74 Å². The van der Waals surface area contributed by atoms with Crippen molar-refractivity contribution < 1.29 is 9.15 Å². The summed E-state index contributed by atoms with van der Waals surface area (Å²) < 4.78 is 11.6. The van der Waals surface area contributed by atoms with Gasteiger partial charge >= 0.3 is 0 Å². The number of hydrogen-bond acceptors (Lipinski definition) is 6. The van der Waals surface area contributed by atoms with E-state index in [0.29, 0.717) is 11.9 Å². The number of aromatic nitrogens is 3. The molecule has 4 heterocycles. The van der Waals surface area contributed by atoms with Crippen LogP contribution in [0.25, 0.3) is 33.8 Å². The Labute approximate surface area is 187 Å². The van der Waals surface area contributed by atoms with E-state index >= 15 is 0 Å². The van der Waals surface area contributed by atoms with Gasteiger partial charge in [0.05, 0.1) is 36.5 Å². The van der Waals surface area contributed by atoms with Crippen LogP contribution in [0.15, 0.2) is 53.1 Å². The van der Waals surface area contributed by atoms with Gasteiger partial charge in [-0.15, -0.1) is 0 Å². The number of hydrogen-bond donors (Lipinski definition) is 1. The first-order valence-corrected chi connectivity index (χ1v) is 11.3. The maximum atomic E-state index is 6.13. The summed E-state index contributed by atoms with van der Waals surface area (Å²) in [7, 11) is 2.16. The summed E-state index contributed by atoms with van der Waals surface area (Å²) in [4.78, 5) is 17.6. The minimum Gasteiger partial charge on any atom is -0.436 e. The van der Waals surface area contributed by atoms with Crippen LogP contribution < -0.4 is 4.90 Å². The Bertz CT molecular complexity index is 1220. The van der Waals surface area contributed by atoms with Crippen molar-refractivity contribution in [3.63, 3.8) is 0 Å². The monoisotopic (exact) mass is 429 g/mol. The first kappa shape index (κ1) is 19.5.